The molecule has 0 heterocycles. The van der Waals surface area contributed by atoms with Crippen LogP contribution in [0.1, 0.15) is 25.3 Å². The molecule has 0 unspecified atom stereocenters. The topological polar surface area (TPSA) is 26.3 Å². The van der Waals surface area contributed by atoms with Crippen LogP contribution in [0, 0.1) is 5.82 Å². The second-order valence-electron chi connectivity index (χ2n) is 3.98. The normalized spacial score (nSPS) is 17.3. The molecule has 0 N–H and O–H groups in total. The summed E-state index contributed by atoms with van der Waals surface area (Å²) in [6.07, 6.45) is 1.51. The summed E-state index contributed by atoms with van der Waals surface area (Å²) in [4.78, 5) is 11.4. The van der Waals surface area contributed by atoms with Gasteiger partial charge in [-0.25, -0.2) is 4.39 Å². The predicted octanol–water partition coefficient (Wildman–Crippen LogP) is 2.45. The highest BCUT2D eigenvalue weighted by Crippen LogP contribution is 2.50. The Balaban J connectivity index is 2.42. The maximum Gasteiger partial charge on any atom is 0.140 e. The standard InChI is InChI=1S/C12H13FO2/c1-8(14)12(5-6-12)10-4-3-9(15-2)7-11(10)13/h3-4,7H,5-6H2,1-2H3. The summed E-state index contributed by atoms with van der Waals surface area (Å²) in [6, 6.07) is 4.68. The third kappa shape index (κ3) is 1.52. The van der Waals surface area contributed by atoms with Crippen LogP contribution in [-0.4, -0.2) is 12.9 Å². The van der Waals surface area contributed by atoms with Gasteiger partial charge in [0.15, 0.2) is 0 Å². The zero-order valence-electron chi connectivity index (χ0n) is 8.84. The second kappa shape index (κ2) is 3.33. The molecule has 15 heavy (non-hydrogen) atoms. The molecule has 1 aromatic rings. The van der Waals surface area contributed by atoms with Gasteiger partial charge in [0.2, 0.25) is 0 Å². The second-order valence-corrected chi connectivity index (χ2v) is 3.98. The first-order valence-electron chi connectivity index (χ1n) is 4.95. The molecule has 2 rings (SSSR count). The summed E-state index contributed by atoms with van der Waals surface area (Å²) in [5.74, 6) is 0.184. The summed E-state index contributed by atoms with van der Waals surface area (Å²) < 4.78 is 18.6. The van der Waals surface area contributed by atoms with E-state index in [4.69, 9.17) is 4.74 Å². The molecule has 0 atom stereocenters. The van der Waals surface area contributed by atoms with Crippen LogP contribution in [0.25, 0.3) is 0 Å². The van der Waals surface area contributed by atoms with Gasteiger partial charge in [0.25, 0.3) is 0 Å². The molecule has 0 spiro atoms. The van der Waals surface area contributed by atoms with Gasteiger partial charge >= 0.3 is 0 Å². The van der Waals surface area contributed by atoms with E-state index >= 15 is 0 Å². The molecular weight excluding hydrogens is 195 g/mol. The molecule has 1 fully saturated rings. The first kappa shape index (κ1) is 10.1. The van der Waals surface area contributed by atoms with Crippen molar-refractivity contribution >= 4 is 5.78 Å². The van der Waals surface area contributed by atoms with Crippen molar-refractivity contribution in [1.29, 1.82) is 0 Å². The Labute approximate surface area is 88.1 Å². The smallest absolute Gasteiger partial charge is 0.140 e. The van der Waals surface area contributed by atoms with E-state index in [2.05, 4.69) is 0 Å². The minimum Gasteiger partial charge on any atom is -0.497 e. The number of carbonyl (C=O) groups is 1. The molecule has 1 aromatic carbocycles. The van der Waals surface area contributed by atoms with E-state index in [1.54, 1.807) is 12.1 Å². The van der Waals surface area contributed by atoms with Crippen LogP contribution in [0.3, 0.4) is 0 Å². The maximum atomic E-state index is 13.7. The van der Waals surface area contributed by atoms with Gasteiger partial charge in [-0.2, -0.15) is 0 Å². The Morgan fingerprint density at radius 1 is 1.47 bits per heavy atom. The minimum absolute atomic E-state index is 0.0477. The van der Waals surface area contributed by atoms with Crippen LogP contribution in [0.2, 0.25) is 0 Å². The van der Waals surface area contributed by atoms with Crippen LogP contribution in [-0.2, 0) is 10.2 Å². The summed E-state index contributed by atoms with van der Waals surface area (Å²) >= 11 is 0. The van der Waals surface area contributed by atoms with E-state index < -0.39 is 5.41 Å². The number of carbonyl (C=O) groups excluding carboxylic acids is 1. The van der Waals surface area contributed by atoms with Crippen molar-refractivity contribution in [2.75, 3.05) is 7.11 Å². The van der Waals surface area contributed by atoms with Crippen molar-refractivity contribution in [3.8, 4) is 5.75 Å². The van der Waals surface area contributed by atoms with E-state index in [9.17, 15) is 9.18 Å². The summed E-state index contributed by atoms with van der Waals surface area (Å²) in [5, 5.41) is 0. The molecule has 0 radical (unpaired) electrons. The summed E-state index contributed by atoms with van der Waals surface area (Å²) in [7, 11) is 1.49. The quantitative estimate of drug-likeness (QED) is 0.762. The van der Waals surface area contributed by atoms with Crippen LogP contribution >= 0.6 is 0 Å². The Bertz CT molecular complexity index is 408. The van der Waals surface area contributed by atoms with Crippen molar-refractivity contribution in [3.63, 3.8) is 0 Å². The number of hydrogen-bond donors (Lipinski definition) is 0. The number of ether oxygens (including phenoxy) is 1. The van der Waals surface area contributed by atoms with Gasteiger partial charge in [-0.3, -0.25) is 4.79 Å². The van der Waals surface area contributed by atoms with Crippen LogP contribution in [0.4, 0.5) is 4.39 Å². The molecule has 2 nitrogen and oxygen atoms in total. The third-order valence-corrected chi connectivity index (χ3v) is 3.12. The Morgan fingerprint density at radius 2 is 2.13 bits per heavy atom. The van der Waals surface area contributed by atoms with Crippen molar-refractivity contribution in [3.05, 3.63) is 29.6 Å². The van der Waals surface area contributed by atoms with E-state index in [1.807, 2.05) is 0 Å². The van der Waals surface area contributed by atoms with Crippen LogP contribution < -0.4 is 4.74 Å². The molecule has 0 amide bonds. The van der Waals surface area contributed by atoms with Gasteiger partial charge in [-0.1, -0.05) is 6.07 Å². The van der Waals surface area contributed by atoms with Crippen molar-refractivity contribution in [2.24, 2.45) is 0 Å². The predicted molar refractivity (Wildman–Crippen MR) is 54.5 cm³/mol. The highest BCUT2D eigenvalue weighted by atomic mass is 19.1. The molecule has 80 valence electrons. The highest BCUT2D eigenvalue weighted by molar-refractivity contribution is 5.91. The van der Waals surface area contributed by atoms with E-state index in [1.165, 1.54) is 20.1 Å². The van der Waals surface area contributed by atoms with Gasteiger partial charge in [-0.15, -0.1) is 0 Å². The molecular formula is C12H13FO2. The monoisotopic (exact) mass is 208 g/mol. The van der Waals surface area contributed by atoms with Crippen molar-refractivity contribution in [2.45, 2.75) is 25.2 Å². The third-order valence-electron chi connectivity index (χ3n) is 3.12. The molecule has 1 saturated carbocycles. The Hall–Kier alpha value is -1.38. The van der Waals surface area contributed by atoms with Gasteiger partial charge in [-0.05, 0) is 25.8 Å². The lowest BCUT2D eigenvalue weighted by Gasteiger charge is -2.13. The molecule has 0 saturated heterocycles. The first-order chi connectivity index (χ1) is 7.10. The van der Waals surface area contributed by atoms with Gasteiger partial charge < -0.3 is 4.74 Å². The number of rotatable bonds is 3. The fourth-order valence-corrected chi connectivity index (χ4v) is 1.95. The number of methoxy groups -OCH3 is 1. The number of benzene rings is 1. The number of halogens is 1. The van der Waals surface area contributed by atoms with Crippen molar-refractivity contribution in [1.82, 2.24) is 0 Å². The van der Waals surface area contributed by atoms with Crippen LogP contribution in [0.5, 0.6) is 5.75 Å². The fourth-order valence-electron chi connectivity index (χ4n) is 1.95. The average Bonchev–Trinajstić information content (AvgIpc) is 2.98. The minimum atomic E-state index is -0.545. The van der Waals surface area contributed by atoms with Gasteiger partial charge in [0, 0.05) is 11.6 Å². The lowest BCUT2D eigenvalue weighted by atomic mass is 9.91. The Morgan fingerprint density at radius 3 is 2.53 bits per heavy atom. The highest BCUT2D eigenvalue weighted by Gasteiger charge is 2.50. The molecule has 0 aromatic heterocycles. The number of hydrogen-bond acceptors (Lipinski definition) is 2. The molecule has 1 aliphatic carbocycles. The average molecular weight is 208 g/mol. The number of Topliss-reactive ketones (excluding diaryl/α,β-unsaturated/α-hetero) is 1. The maximum absolute atomic E-state index is 13.7. The molecule has 0 aliphatic heterocycles. The number of ketones is 1. The van der Waals surface area contributed by atoms with Crippen molar-refractivity contribution < 1.29 is 13.9 Å². The zero-order valence-corrected chi connectivity index (χ0v) is 8.84. The fraction of sp³-hybridized carbons (Fsp3) is 0.417. The zero-order chi connectivity index (χ0) is 11.1. The van der Waals surface area contributed by atoms with Crippen LogP contribution in [0.15, 0.2) is 18.2 Å². The summed E-state index contributed by atoms with van der Waals surface area (Å²) in [5.41, 5.74) is -0.0353. The molecule has 3 heteroatoms. The van der Waals surface area contributed by atoms with E-state index in [0.29, 0.717) is 11.3 Å². The molecule has 0 bridgehead atoms. The van der Waals surface area contributed by atoms with Gasteiger partial charge in [0.1, 0.15) is 17.3 Å². The first-order valence-corrected chi connectivity index (χ1v) is 4.95. The summed E-state index contributed by atoms with van der Waals surface area (Å²) in [6.45, 7) is 1.52. The van der Waals surface area contributed by atoms with Gasteiger partial charge in [0.05, 0.1) is 12.5 Å². The largest absolute Gasteiger partial charge is 0.497 e. The lowest BCUT2D eigenvalue weighted by molar-refractivity contribution is -0.119. The molecule has 1 aliphatic rings. The van der Waals surface area contributed by atoms with E-state index in [-0.39, 0.29) is 11.6 Å². The Kier molecular flexibility index (Phi) is 2.25. The van der Waals surface area contributed by atoms with E-state index in [0.717, 1.165) is 12.8 Å². The lowest BCUT2D eigenvalue weighted by Crippen LogP contribution is -2.18. The SMILES string of the molecule is COc1ccc(C2(C(C)=O)CC2)c(F)c1.